The van der Waals surface area contributed by atoms with E-state index in [0.717, 1.165) is 16.9 Å². The van der Waals surface area contributed by atoms with Gasteiger partial charge < -0.3 is 14.8 Å². The molecule has 3 rings (SSSR count). The molecule has 8 heteroatoms. The Morgan fingerprint density at radius 2 is 1.86 bits per heavy atom. The number of ether oxygens (including phenoxy) is 2. The maximum absolute atomic E-state index is 12.0. The van der Waals surface area contributed by atoms with Crippen LogP contribution in [-0.4, -0.2) is 35.2 Å². The molecule has 1 atom stereocenters. The first-order chi connectivity index (χ1) is 13.9. The normalized spacial score (nSPS) is 15.6. The number of hydrogen-bond donors (Lipinski definition) is 1. The van der Waals surface area contributed by atoms with Gasteiger partial charge in [0, 0.05) is 13.8 Å². The molecule has 2 amide bonds. The second-order valence-electron chi connectivity index (χ2n) is 6.46. The van der Waals surface area contributed by atoms with Gasteiger partial charge in [-0.15, -0.1) is 5.10 Å². The van der Waals surface area contributed by atoms with Crippen molar-refractivity contribution in [3.05, 3.63) is 59.7 Å². The third-order valence-electron chi connectivity index (χ3n) is 4.10. The summed E-state index contributed by atoms with van der Waals surface area (Å²) in [5, 5.41) is 8.23. The average Bonchev–Trinajstić information content (AvgIpc) is 3.10. The van der Waals surface area contributed by atoms with Crippen molar-refractivity contribution in [3.63, 3.8) is 0 Å². The Morgan fingerprint density at radius 3 is 2.59 bits per heavy atom. The second-order valence-corrected chi connectivity index (χ2v) is 7.52. The Hall–Kier alpha value is -3.00. The van der Waals surface area contributed by atoms with Crippen LogP contribution in [0.2, 0.25) is 0 Å². The molecule has 7 nitrogen and oxygen atoms in total. The lowest BCUT2D eigenvalue weighted by Gasteiger charge is -2.19. The topological polar surface area (TPSA) is 80.2 Å². The molecule has 0 fully saturated rings. The van der Waals surface area contributed by atoms with Crippen molar-refractivity contribution in [3.8, 4) is 11.5 Å². The molecular weight excluding hydrogens is 390 g/mol. The molecule has 0 aliphatic carbocycles. The Morgan fingerprint density at radius 1 is 1.10 bits per heavy atom. The zero-order valence-corrected chi connectivity index (χ0v) is 17.4. The van der Waals surface area contributed by atoms with Crippen molar-refractivity contribution in [1.82, 2.24) is 10.3 Å². The summed E-state index contributed by atoms with van der Waals surface area (Å²) in [5.74, 6) is 1.08. The van der Waals surface area contributed by atoms with Gasteiger partial charge in [-0.05, 0) is 36.2 Å². The first-order valence-electron chi connectivity index (χ1n) is 9.18. The fourth-order valence-corrected chi connectivity index (χ4v) is 3.89. The van der Waals surface area contributed by atoms with Gasteiger partial charge in [0.25, 0.3) is 0 Å². The van der Waals surface area contributed by atoms with Gasteiger partial charge in [-0.2, -0.15) is 0 Å². The van der Waals surface area contributed by atoms with E-state index in [1.165, 1.54) is 30.6 Å². The minimum Gasteiger partial charge on any atom is -0.490 e. The lowest BCUT2D eigenvalue weighted by Crippen LogP contribution is -2.25. The van der Waals surface area contributed by atoms with Crippen LogP contribution in [-0.2, 0) is 9.59 Å². The van der Waals surface area contributed by atoms with E-state index in [-0.39, 0.29) is 17.2 Å². The Balaban J connectivity index is 1.61. The third-order valence-corrected chi connectivity index (χ3v) is 5.20. The highest BCUT2D eigenvalue weighted by molar-refractivity contribution is 8.14. The highest BCUT2D eigenvalue weighted by Crippen LogP contribution is 2.39. The quantitative estimate of drug-likeness (QED) is 0.734. The van der Waals surface area contributed by atoms with Crippen LogP contribution in [0.3, 0.4) is 0 Å². The number of hydrogen-bond acceptors (Lipinski definition) is 6. The van der Waals surface area contributed by atoms with Crippen molar-refractivity contribution >= 4 is 28.7 Å². The number of carbonyl (C=O) groups excluding carboxylic acids is 2. The number of nitrogens with zero attached hydrogens (tertiary/aromatic N) is 2. The Labute approximate surface area is 174 Å². The van der Waals surface area contributed by atoms with Gasteiger partial charge in [-0.3, -0.25) is 9.59 Å². The molecule has 29 heavy (non-hydrogen) atoms. The molecule has 1 aliphatic rings. The predicted molar refractivity (Wildman–Crippen MR) is 113 cm³/mol. The molecule has 0 unspecified atom stereocenters. The van der Waals surface area contributed by atoms with Crippen molar-refractivity contribution < 1.29 is 19.1 Å². The number of thioether (sulfide) groups is 1. The minimum absolute atomic E-state index is 0.208. The molecule has 2 aromatic rings. The Kier molecular flexibility index (Phi) is 6.77. The molecule has 1 N–H and O–H groups in total. The van der Waals surface area contributed by atoms with Crippen molar-refractivity contribution in [1.29, 1.82) is 0 Å². The zero-order valence-electron chi connectivity index (χ0n) is 16.5. The van der Waals surface area contributed by atoms with Crippen LogP contribution >= 0.6 is 11.8 Å². The molecule has 1 aliphatic heterocycles. The second kappa shape index (κ2) is 9.47. The number of aryl methyl sites for hydroxylation is 1. The molecular formula is C21H23N3O4S. The standard InChI is InChI=1S/C21H23N3O4S/c1-14-7-4-5-10-19(14)28-12-11-27-18-9-6-8-17(13-18)20-24(16(3)26)23-21(29-20)22-15(2)25/h4-10,13,20H,11-12H2,1-3H3,(H,22,23,25)/t20-/m0/s1. The number of nitrogens with one attached hydrogen (secondary N) is 1. The molecule has 0 aromatic heterocycles. The summed E-state index contributed by atoms with van der Waals surface area (Å²) in [7, 11) is 0. The predicted octanol–water partition coefficient (Wildman–Crippen LogP) is 3.45. The van der Waals surface area contributed by atoms with Crippen LogP contribution in [0.1, 0.15) is 30.3 Å². The van der Waals surface area contributed by atoms with Gasteiger partial charge in [-0.25, -0.2) is 5.01 Å². The van der Waals surface area contributed by atoms with E-state index in [9.17, 15) is 9.59 Å². The van der Waals surface area contributed by atoms with Crippen LogP contribution in [0.15, 0.2) is 53.6 Å². The molecule has 0 saturated carbocycles. The largest absolute Gasteiger partial charge is 0.490 e. The number of benzene rings is 2. The summed E-state index contributed by atoms with van der Waals surface area (Å²) in [6, 6.07) is 15.3. The lowest BCUT2D eigenvalue weighted by atomic mass is 10.2. The number of hydrazone groups is 1. The van der Waals surface area contributed by atoms with E-state index in [4.69, 9.17) is 9.47 Å². The van der Waals surface area contributed by atoms with Crippen LogP contribution in [0.4, 0.5) is 0 Å². The highest BCUT2D eigenvalue weighted by Gasteiger charge is 2.32. The first kappa shape index (κ1) is 20.7. The highest BCUT2D eigenvalue weighted by atomic mass is 32.2. The van der Waals surface area contributed by atoms with Crippen LogP contribution < -0.4 is 14.8 Å². The molecule has 0 bridgehead atoms. The summed E-state index contributed by atoms with van der Waals surface area (Å²) < 4.78 is 11.6. The van der Waals surface area contributed by atoms with E-state index in [0.29, 0.717) is 24.1 Å². The number of para-hydroxylation sites is 1. The number of rotatable bonds is 6. The van der Waals surface area contributed by atoms with E-state index in [1.807, 2.05) is 55.5 Å². The van der Waals surface area contributed by atoms with E-state index in [2.05, 4.69) is 10.4 Å². The van der Waals surface area contributed by atoms with Crippen LogP contribution in [0.5, 0.6) is 11.5 Å². The SMILES string of the molecule is CC(=O)NC1=NN(C(C)=O)[C@H](c2cccc(OCCOc3ccccc3C)c2)S1. The fourth-order valence-electron chi connectivity index (χ4n) is 2.77. The van der Waals surface area contributed by atoms with Gasteiger partial charge >= 0.3 is 0 Å². The molecule has 0 radical (unpaired) electrons. The lowest BCUT2D eigenvalue weighted by molar-refractivity contribution is -0.129. The maximum atomic E-state index is 12.0. The molecule has 1 heterocycles. The van der Waals surface area contributed by atoms with Gasteiger partial charge in [0.2, 0.25) is 11.8 Å². The van der Waals surface area contributed by atoms with E-state index < -0.39 is 0 Å². The third kappa shape index (κ3) is 5.51. The number of amides is 2. The average molecular weight is 413 g/mol. The van der Waals surface area contributed by atoms with E-state index >= 15 is 0 Å². The van der Waals surface area contributed by atoms with Gasteiger partial charge in [0.1, 0.15) is 30.1 Å². The van der Waals surface area contributed by atoms with Crippen LogP contribution in [0, 0.1) is 6.92 Å². The zero-order chi connectivity index (χ0) is 20.8. The smallest absolute Gasteiger partial charge is 0.241 e. The van der Waals surface area contributed by atoms with Crippen molar-refractivity contribution in [2.75, 3.05) is 13.2 Å². The first-order valence-corrected chi connectivity index (χ1v) is 10.1. The maximum Gasteiger partial charge on any atom is 0.241 e. The minimum atomic E-state index is -0.360. The monoisotopic (exact) mass is 413 g/mol. The molecule has 2 aromatic carbocycles. The summed E-state index contributed by atoms with van der Waals surface area (Å²) in [4.78, 5) is 23.3. The van der Waals surface area contributed by atoms with E-state index in [1.54, 1.807) is 0 Å². The molecule has 0 saturated heterocycles. The van der Waals surface area contributed by atoms with Gasteiger partial charge in [0.15, 0.2) is 5.17 Å². The summed E-state index contributed by atoms with van der Waals surface area (Å²) in [5.41, 5.74) is 1.93. The summed E-state index contributed by atoms with van der Waals surface area (Å²) >= 11 is 1.31. The summed E-state index contributed by atoms with van der Waals surface area (Å²) in [6.07, 6.45) is 0. The van der Waals surface area contributed by atoms with Gasteiger partial charge in [-0.1, -0.05) is 42.1 Å². The Bertz CT molecular complexity index is 932. The number of carbonyl (C=O) groups is 2. The molecule has 0 spiro atoms. The number of amidine groups is 1. The fraction of sp³-hybridized carbons (Fsp3) is 0.286. The van der Waals surface area contributed by atoms with Crippen LogP contribution in [0.25, 0.3) is 0 Å². The van der Waals surface area contributed by atoms with Crippen molar-refractivity contribution in [2.24, 2.45) is 5.10 Å². The molecule has 152 valence electrons. The summed E-state index contributed by atoms with van der Waals surface area (Å²) in [6.45, 7) is 5.65. The van der Waals surface area contributed by atoms with Crippen molar-refractivity contribution in [2.45, 2.75) is 26.1 Å². The van der Waals surface area contributed by atoms with Gasteiger partial charge in [0.05, 0.1) is 0 Å².